The normalized spacial score (nSPS) is 27.1. The molecule has 9 heteroatoms. The molecule has 0 aliphatic carbocycles. The highest BCUT2D eigenvalue weighted by atomic mass is 32.3. The zero-order valence-electron chi connectivity index (χ0n) is 18.7. The molecule has 1 spiro atoms. The fourth-order valence-electron chi connectivity index (χ4n) is 5.06. The van der Waals surface area contributed by atoms with Crippen LogP contribution in [0.2, 0.25) is 0 Å². The van der Waals surface area contributed by atoms with Crippen LogP contribution in [0.3, 0.4) is 0 Å². The van der Waals surface area contributed by atoms with E-state index in [0.29, 0.717) is 44.0 Å². The molecule has 32 heavy (non-hydrogen) atoms. The lowest BCUT2D eigenvalue weighted by Crippen LogP contribution is -2.57. The number of hydrogen-bond donors (Lipinski definition) is 3. The van der Waals surface area contributed by atoms with E-state index < -0.39 is 22.3 Å². The number of benzene rings is 2. The summed E-state index contributed by atoms with van der Waals surface area (Å²) in [5.41, 5.74) is 1.04. The van der Waals surface area contributed by atoms with Gasteiger partial charge in [-0.1, -0.05) is 23.1 Å². The third-order valence-electron chi connectivity index (χ3n) is 6.53. The number of phenolic OH excluding ortho intramolecular Hbond substituents is 1. The van der Waals surface area contributed by atoms with E-state index in [9.17, 15) is 18.6 Å². The number of halogens is 1. The molecule has 2 heterocycles. The van der Waals surface area contributed by atoms with Gasteiger partial charge in [0, 0.05) is 32.7 Å². The topological polar surface area (TPSA) is 79.6 Å². The van der Waals surface area contributed by atoms with Gasteiger partial charge < -0.3 is 9.84 Å². The Labute approximate surface area is 190 Å². The summed E-state index contributed by atoms with van der Waals surface area (Å²) in [5.74, 6) is 0.214. The molecule has 2 aliphatic heterocycles. The van der Waals surface area contributed by atoms with E-state index in [-0.39, 0.29) is 11.8 Å². The van der Waals surface area contributed by atoms with Gasteiger partial charge >= 0.3 is 0 Å². The molecule has 2 fully saturated rings. The average molecular weight is 466 g/mol. The van der Waals surface area contributed by atoms with Crippen molar-refractivity contribution in [2.24, 2.45) is 0 Å². The minimum absolute atomic E-state index is 0.131. The highest BCUT2D eigenvalue weighted by Gasteiger charge is 2.55. The molecule has 2 atom stereocenters. The van der Waals surface area contributed by atoms with Crippen molar-refractivity contribution in [1.82, 2.24) is 9.21 Å². The molecule has 2 aromatic carbocycles. The molecule has 4 rings (SSSR count). The van der Waals surface area contributed by atoms with Crippen molar-refractivity contribution in [2.75, 3.05) is 31.0 Å². The number of rotatable bonds is 5. The third kappa shape index (κ3) is 4.15. The van der Waals surface area contributed by atoms with Crippen molar-refractivity contribution in [3.63, 3.8) is 0 Å². The molecular weight excluding hydrogens is 433 g/mol. The second-order valence-electron chi connectivity index (χ2n) is 8.78. The summed E-state index contributed by atoms with van der Waals surface area (Å²) < 4.78 is 44.7. The molecule has 2 saturated heterocycles. The van der Waals surface area contributed by atoms with E-state index in [4.69, 9.17) is 4.74 Å². The maximum atomic E-state index is 14.0. The number of ether oxygens (including phenoxy) is 1. The van der Waals surface area contributed by atoms with Gasteiger partial charge in [0.2, 0.25) is 0 Å². The Morgan fingerprint density at radius 1 is 1.22 bits per heavy atom. The highest BCUT2D eigenvalue weighted by molar-refractivity contribution is 8.23. The van der Waals surface area contributed by atoms with Crippen LogP contribution in [0.4, 0.5) is 10.1 Å². The van der Waals surface area contributed by atoms with Gasteiger partial charge in [0.1, 0.15) is 5.82 Å². The maximum Gasteiger partial charge on any atom is 0.161 e. The number of piperidine rings is 1. The maximum absolute atomic E-state index is 14.0. The molecule has 2 aliphatic rings. The first-order valence-corrected chi connectivity index (χ1v) is 12.4. The fourth-order valence-corrected chi connectivity index (χ4v) is 6.89. The monoisotopic (exact) mass is 465 g/mol. The summed E-state index contributed by atoms with van der Waals surface area (Å²) in [6, 6.07) is 11.7. The van der Waals surface area contributed by atoms with Crippen LogP contribution in [0.15, 0.2) is 42.5 Å². The van der Waals surface area contributed by atoms with Gasteiger partial charge in [-0.15, -0.1) is 0 Å². The lowest BCUT2D eigenvalue weighted by Gasteiger charge is -2.51. The molecule has 2 aromatic rings. The van der Waals surface area contributed by atoms with Crippen LogP contribution in [0, 0.1) is 5.82 Å². The number of likely N-dealkylation sites (tertiary alicyclic amines) is 1. The molecule has 0 bridgehead atoms. The molecule has 0 amide bonds. The van der Waals surface area contributed by atoms with E-state index in [0.717, 1.165) is 12.1 Å². The Hall–Kier alpha value is -2.04. The molecule has 3 N–H and O–H groups in total. The van der Waals surface area contributed by atoms with E-state index in [2.05, 4.69) is 11.8 Å². The van der Waals surface area contributed by atoms with Crippen LogP contribution in [0.25, 0.3) is 0 Å². The lowest BCUT2D eigenvalue weighted by molar-refractivity contribution is 0.100. The largest absolute Gasteiger partial charge is 0.504 e. The van der Waals surface area contributed by atoms with Gasteiger partial charge in [0.05, 0.1) is 17.8 Å². The summed E-state index contributed by atoms with van der Waals surface area (Å²) in [5, 5.41) is 9.97. The Morgan fingerprint density at radius 2 is 2.00 bits per heavy atom. The molecular formula is C23H32FN3O4S. The molecule has 0 aromatic heterocycles. The van der Waals surface area contributed by atoms with Gasteiger partial charge in [0.25, 0.3) is 0 Å². The summed E-state index contributed by atoms with van der Waals surface area (Å²) in [6.07, 6.45) is 1.42. The number of phenols is 1. The molecule has 0 radical (unpaired) electrons. The molecule has 0 unspecified atom stereocenters. The summed E-state index contributed by atoms with van der Waals surface area (Å²) >= 11 is 0. The number of aromatic hydroxyl groups is 1. The van der Waals surface area contributed by atoms with Crippen molar-refractivity contribution in [1.29, 1.82) is 0 Å². The van der Waals surface area contributed by atoms with E-state index in [1.54, 1.807) is 33.9 Å². The van der Waals surface area contributed by atoms with Gasteiger partial charge in [-0.25, -0.2) is 4.39 Å². The number of anilines is 1. The summed E-state index contributed by atoms with van der Waals surface area (Å²) in [4.78, 5) is 2.35. The minimum atomic E-state index is -3.22. The van der Waals surface area contributed by atoms with Crippen molar-refractivity contribution in [2.45, 2.75) is 44.8 Å². The first-order valence-electron chi connectivity index (χ1n) is 10.9. The predicted molar refractivity (Wildman–Crippen MR) is 125 cm³/mol. The third-order valence-corrected chi connectivity index (χ3v) is 8.58. The molecule has 7 nitrogen and oxygen atoms in total. The van der Waals surface area contributed by atoms with Crippen molar-refractivity contribution in [3.05, 3.63) is 53.8 Å². The molecule has 0 saturated carbocycles. The Balaban J connectivity index is 1.56. The van der Waals surface area contributed by atoms with Crippen LogP contribution in [-0.2, 0) is 6.54 Å². The van der Waals surface area contributed by atoms with Gasteiger partial charge in [-0.2, -0.15) is 4.31 Å². The summed E-state index contributed by atoms with van der Waals surface area (Å²) in [6.45, 7) is 6.45. The quantitative estimate of drug-likeness (QED) is 0.591. The number of hydrogen-bond acceptors (Lipinski definition) is 7. The van der Waals surface area contributed by atoms with Gasteiger partial charge in [-0.05, 0) is 62.6 Å². The van der Waals surface area contributed by atoms with Crippen LogP contribution in [0.5, 0.6) is 11.5 Å². The SMILES string of the molecule is CCOc1cc(CN2CC[C@@]3(C[C@@H]2C)CN(C)S(O)(O)N3c2cccc(F)c2)ccc1O. The standard InChI is InChI=1S/C23H32FN3O4S/c1-4-31-22-12-18(8-9-21(22)28)15-26-11-10-23(14-17(26)2)16-25(3)32(29,30)27(23)20-7-5-6-19(24)13-20/h5-9,12-13,17,28-30H,4,10-11,14-16H2,1-3H3/t17-,23+/m0/s1. The van der Waals surface area contributed by atoms with Crippen LogP contribution in [-0.4, -0.2) is 61.7 Å². The summed E-state index contributed by atoms with van der Waals surface area (Å²) in [7, 11) is -1.52. The zero-order valence-corrected chi connectivity index (χ0v) is 19.6. The second-order valence-corrected chi connectivity index (χ2v) is 10.8. The van der Waals surface area contributed by atoms with Crippen LogP contribution in [0.1, 0.15) is 32.3 Å². The zero-order chi connectivity index (χ0) is 23.1. The van der Waals surface area contributed by atoms with Crippen LogP contribution >= 0.6 is 11.0 Å². The Morgan fingerprint density at radius 3 is 2.69 bits per heavy atom. The van der Waals surface area contributed by atoms with Crippen molar-refractivity contribution < 1.29 is 23.3 Å². The van der Waals surface area contributed by atoms with Crippen molar-refractivity contribution in [3.8, 4) is 11.5 Å². The number of likely N-dealkylation sites (N-methyl/N-ethyl adjacent to an activating group) is 1. The fraction of sp³-hybridized carbons (Fsp3) is 0.478. The lowest BCUT2D eigenvalue weighted by atomic mass is 9.82. The second kappa shape index (κ2) is 8.72. The first kappa shape index (κ1) is 23.1. The first-order chi connectivity index (χ1) is 15.2. The van der Waals surface area contributed by atoms with Gasteiger partial charge in [-0.3, -0.25) is 18.3 Å². The Kier molecular flexibility index (Phi) is 6.30. The highest BCUT2D eigenvalue weighted by Crippen LogP contribution is 2.61. The minimum Gasteiger partial charge on any atom is -0.504 e. The predicted octanol–water partition coefficient (Wildman–Crippen LogP) is 4.69. The Bertz CT molecular complexity index is 978. The van der Waals surface area contributed by atoms with E-state index in [1.165, 1.54) is 12.1 Å². The van der Waals surface area contributed by atoms with Crippen LogP contribution < -0.4 is 9.04 Å². The number of nitrogens with zero attached hydrogens (tertiary/aromatic N) is 3. The van der Waals surface area contributed by atoms with Crippen molar-refractivity contribution >= 4 is 16.6 Å². The van der Waals surface area contributed by atoms with Gasteiger partial charge in [0.15, 0.2) is 11.5 Å². The van der Waals surface area contributed by atoms with E-state index in [1.807, 2.05) is 19.1 Å². The molecule has 176 valence electrons. The average Bonchev–Trinajstić information content (AvgIpc) is 2.91. The van der Waals surface area contributed by atoms with E-state index >= 15 is 0 Å². The smallest absolute Gasteiger partial charge is 0.161 e.